The summed E-state index contributed by atoms with van der Waals surface area (Å²) in [6.07, 6.45) is 8.25. The van der Waals surface area contributed by atoms with Crippen molar-refractivity contribution in [3.8, 4) is 0 Å². The molecule has 2 aromatic rings. The fourth-order valence-electron chi connectivity index (χ4n) is 5.82. The number of pyridine rings is 2. The summed E-state index contributed by atoms with van der Waals surface area (Å²) >= 11 is 19.5. The molecule has 0 aromatic carbocycles. The van der Waals surface area contributed by atoms with Crippen LogP contribution in [0.3, 0.4) is 0 Å². The summed E-state index contributed by atoms with van der Waals surface area (Å²) in [5, 5.41) is 27.5. The van der Waals surface area contributed by atoms with Crippen LogP contribution in [0.5, 0.6) is 0 Å². The number of nitrogens with zero attached hydrogens (tertiary/aromatic N) is 2. The van der Waals surface area contributed by atoms with Crippen LogP contribution in [0.1, 0.15) is 49.7 Å². The Hall–Kier alpha value is -0.640. The van der Waals surface area contributed by atoms with Crippen molar-refractivity contribution in [3.63, 3.8) is 0 Å². The number of hydrogen-bond donors (Lipinski definition) is 4. The highest BCUT2D eigenvalue weighted by atomic mass is 79.9. The Morgan fingerprint density at radius 1 is 0.812 bits per heavy atom. The topological polar surface area (TPSA) is 90.3 Å². The summed E-state index contributed by atoms with van der Waals surface area (Å²) in [6, 6.07) is 0. The van der Waals surface area contributed by atoms with E-state index in [0.717, 1.165) is 93.4 Å². The van der Waals surface area contributed by atoms with Crippen molar-refractivity contribution in [2.75, 3.05) is 23.7 Å². The van der Waals surface area contributed by atoms with Crippen LogP contribution < -0.4 is 10.6 Å². The molecule has 0 saturated heterocycles. The molecular weight excluding hydrogens is 583 g/mol. The van der Waals surface area contributed by atoms with E-state index in [2.05, 4.69) is 52.5 Å². The Labute approximate surface area is 213 Å². The van der Waals surface area contributed by atoms with Gasteiger partial charge in [-0.1, -0.05) is 23.2 Å². The highest BCUT2D eigenvalue weighted by Crippen LogP contribution is 2.52. The van der Waals surface area contributed by atoms with Crippen molar-refractivity contribution >= 4 is 66.7 Å². The highest BCUT2D eigenvalue weighted by Gasteiger charge is 2.48. The van der Waals surface area contributed by atoms with Gasteiger partial charge in [0.25, 0.3) is 0 Å². The average molecular weight is 607 g/mol. The van der Waals surface area contributed by atoms with Crippen LogP contribution in [0.4, 0.5) is 11.6 Å². The molecule has 2 aliphatic heterocycles. The van der Waals surface area contributed by atoms with E-state index in [1.54, 1.807) is 12.4 Å². The predicted molar refractivity (Wildman–Crippen MR) is 134 cm³/mol. The lowest BCUT2D eigenvalue weighted by molar-refractivity contribution is 0.175. The first-order valence-corrected chi connectivity index (χ1v) is 13.1. The second-order valence-corrected chi connectivity index (χ2v) is 11.8. The second kappa shape index (κ2) is 8.54. The molecule has 0 radical (unpaired) electrons. The van der Waals surface area contributed by atoms with E-state index in [1.807, 2.05) is 0 Å². The first-order valence-electron chi connectivity index (χ1n) is 10.8. The van der Waals surface area contributed by atoms with Gasteiger partial charge in [-0.05, 0) is 70.4 Å². The molecule has 4 N–H and O–H groups in total. The third kappa shape index (κ3) is 3.75. The SMILES string of the molecule is O[C@@H]1CC[C@@]2(CNc3ncc(Br)c(Cl)c32)C1.O[C@H]1CC[C@@]2(CNc3ncc(Br)c(Cl)c32)C1. The average Bonchev–Trinajstić information content (AvgIpc) is 3.51. The number of aliphatic hydroxyl groups excluding tert-OH is 2. The van der Waals surface area contributed by atoms with E-state index < -0.39 is 0 Å². The van der Waals surface area contributed by atoms with E-state index >= 15 is 0 Å². The number of fused-ring (bicyclic) bond motifs is 4. The molecule has 0 bridgehead atoms. The predicted octanol–water partition coefficient (Wildman–Crippen LogP) is 5.41. The van der Waals surface area contributed by atoms with Gasteiger partial charge in [0.15, 0.2) is 0 Å². The van der Waals surface area contributed by atoms with Gasteiger partial charge in [-0.25, -0.2) is 9.97 Å². The van der Waals surface area contributed by atoms with Gasteiger partial charge >= 0.3 is 0 Å². The molecule has 4 atom stereocenters. The van der Waals surface area contributed by atoms with Crippen molar-refractivity contribution in [1.29, 1.82) is 0 Å². The smallest absolute Gasteiger partial charge is 0.131 e. The molecule has 2 fully saturated rings. The zero-order chi connectivity index (χ0) is 22.7. The summed E-state index contributed by atoms with van der Waals surface area (Å²) in [4.78, 5) is 8.68. The van der Waals surface area contributed by atoms with E-state index in [9.17, 15) is 10.2 Å². The molecule has 2 spiro atoms. The third-order valence-corrected chi connectivity index (χ3v) is 9.80. The fourth-order valence-corrected chi connectivity index (χ4v) is 7.10. The van der Waals surface area contributed by atoms with E-state index in [0.29, 0.717) is 0 Å². The lowest BCUT2D eigenvalue weighted by Crippen LogP contribution is -2.26. The first-order chi connectivity index (χ1) is 15.2. The van der Waals surface area contributed by atoms with Gasteiger partial charge in [0, 0.05) is 47.4 Å². The molecule has 32 heavy (non-hydrogen) atoms. The Bertz CT molecular complexity index is 983. The first kappa shape index (κ1) is 23.1. The monoisotopic (exact) mass is 604 g/mol. The summed E-state index contributed by atoms with van der Waals surface area (Å²) in [7, 11) is 0. The molecular formula is C22H24Br2Cl2N4O2. The van der Waals surface area contributed by atoms with Crippen LogP contribution >= 0.6 is 55.1 Å². The van der Waals surface area contributed by atoms with Crippen LogP contribution in [0, 0.1) is 0 Å². The van der Waals surface area contributed by atoms with E-state index in [4.69, 9.17) is 23.2 Å². The number of nitrogens with one attached hydrogen (secondary N) is 2. The summed E-state index contributed by atoms with van der Waals surface area (Å²) in [5.74, 6) is 1.75. The second-order valence-electron chi connectivity index (χ2n) is 9.35. The maximum absolute atomic E-state index is 9.74. The molecule has 6 rings (SSSR count). The number of hydrogen-bond acceptors (Lipinski definition) is 6. The third-order valence-electron chi connectivity index (χ3n) is 7.36. The highest BCUT2D eigenvalue weighted by molar-refractivity contribution is 9.10. The normalized spacial score (nSPS) is 31.8. The standard InChI is InChI=1S/2C11H12BrClN2O/c2*12-7-4-14-10-8(9(7)13)11(5-15-10)2-1-6(16)3-11/h2*4,6,16H,1-3,5H2,(H,14,15)/t6-,11+;6-,11-/m10/s1. The lowest BCUT2D eigenvalue weighted by Gasteiger charge is -2.23. The lowest BCUT2D eigenvalue weighted by atomic mass is 9.81. The molecule has 0 amide bonds. The summed E-state index contributed by atoms with van der Waals surface area (Å²) in [6.45, 7) is 1.67. The number of halogens is 4. The molecule has 4 heterocycles. The van der Waals surface area contributed by atoms with Gasteiger partial charge in [0.1, 0.15) is 11.6 Å². The van der Waals surface area contributed by atoms with E-state index in [-0.39, 0.29) is 23.0 Å². The van der Waals surface area contributed by atoms with Gasteiger partial charge in [-0.3, -0.25) is 0 Å². The van der Waals surface area contributed by atoms with Crippen LogP contribution in [0.25, 0.3) is 0 Å². The molecule has 4 aliphatic rings. The van der Waals surface area contributed by atoms with Crippen LogP contribution in [0.15, 0.2) is 21.3 Å². The summed E-state index contributed by atoms with van der Waals surface area (Å²) in [5.41, 5.74) is 2.14. The minimum Gasteiger partial charge on any atom is -0.393 e. The maximum atomic E-state index is 9.74. The van der Waals surface area contributed by atoms with E-state index in [1.165, 1.54) is 0 Å². The van der Waals surface area contributed by atoms with Crippen molar-refractivity contribution < 1.29 is 10.2 Å². The van der Waals surface area contributed by atoms with Crippen molar-refractivity contribution in [2.24, 2.45) is 0 Å². The Kier molecular flexibility index (Phi) is 6.17. The van der Waals surface area contributed by atoms with Crippen molar-refractivity contribution in [3.05, 3.63) is 42.5 Å². The molecule has 10 heteroatoms. The van der Waals surface area contributed by atoms with Gasteiger partial charge in [0.05, 0.1) is 31.2 Å². The van der Waals surface area contributed by atoms with Gasteiger partial charge in [-0.15, -0.1) is 0 Å². The zero-order valence-electron chi connectivity index (χ0n) is 17.3. The van der Waals surface area contributed by atoms with Gasteiger partial charge < -0.3 is 20.8 Å². The Morgan fingerprint density at radius 3 is 1.56 bits per heavy atom. The Morgan fingerprint density at radius 2 is 1.22 bits per heavy atom. The fraction of sp³-hybridized carbons (Fsp3) is 0.545. The van der Waals surface area contributed by atoms with Crippen LogP contribution in [-0.2, 0) is 10.8 Å². The maximum Gasteiger partial charge on any atom is 0.131 e. The molecule has 6 nitrogen and oxygen atoms in total. The number of anilines is 2. The molecule has 0 unspecified atom stereocenters. The van der Waals surface area contributed by atoms with Gasteiger partial charge in [-0.2, -0.15) is 0 Å². The van der Waals surface area contributed by atoms with Gasteiger partial charge in [0.2, 0.25) is 0 Å². The van der Waals surface area contributed by atoms with Crippen molar-refractivity contribution in [1.82, 2.24) is 9.97 Å². The molecule has 172 valence electrons. The number of rotatable bonds is 0. The number of aliphatic hydroxyl groups is 2. The zero-order valence-corrected chi connectivity index (χ0v) is 22.0. The van der Waals surface area contributed by atoms with Crippen molar-refractivity contribution in [2.45, 2.75) is 61.6 Å². The minimum atomic E-state index is -0.206. The van der Waals surface area contributed by atoms with Crippen LogP contribution in [0.2, 0.25) is 10.0 Å². The molecule has 2 saturated carbocycles. The number of aromatic nitrogens is 2. The summed E-state index contributed by atoms with van der Waals surface area (Å²) < 4.78 is 1.66. The molecule has 2 aromatic heterocycles. The van der Waals surface area contributed by atoms with Crippen LogP contribution in [-0.4, -0.2) is 45.5 Å². The minimum absolute atomic E-state index is 0.0113. The molecule has 2 aliphatic carbocycles. The largest absolute Gasteiger partial charge is 0.393 e. The quantitative estimate of drug-likeness (QED) is 0.321. The Balaban J connectivity index is 0.000000135.